The normalized spacial score (nSPS) is 12.6. The lowest BCUT2D eigenvalue weighted by Crippen LogP contribution is -2.36. The molecular formula is C10H11ClN4O2S. The largest absolute Gasteiger partial charge is 0.370 e. The number of aromatic nitrogens is 2. The molecule has 0 saturated carbocycles. The van der Waals surface area contributed by atoms with Crippen LogP contribution in [0.1, 0.15) is 0 Å². The van der Waals surface area contributed by atoms with E-state index in [1.54, 1.807) is 12.1 Å². The SMILES string of the molecule is COC(CN)C(=O)Nc1c(Cl)ccc2nsnc12. The maximum Gasteiger partial charge on any atom is 0.254 e. The molecule has 0 fully saturated rings. The summed E-state index contributed by atoms with van der Waals surface area (Å²) in [4.78, 5) is 11.9. The van der Waals surface area contributed by atoms with Crippen LogP contribution in [0, 0.1) is 0 Å². The van der Waals surface area contributed by atoms with Gasteiger partial charge in [0.15, 0.2) is 0 Å². The first-order valence-electron chi connectivity index (χ1n) is 5.12. The van der Waals surface area contributed by atoms with E-state index < -0.39 is 6.10 Å². The minimum atomic E-state index is -0.720. The molecule has 8 heteroatoms. The number of amides is 1. The van der Waals surface area contributed by atoms with E-state index in [4.69, 9.17) is 22.1 Å². The monoisotopic (exact) mass is 286 g/mol. The van der Waals surface area contributed by atoms with Gasteiger partial charge in [-0.15, -0.1) is 0 Å². The summed E-state index contributed by atoms with van der Waals surface area (Å²) in [6, 6.07) is 3.40. The number of nitrogens with zero attached hydrogens (tertiary/aromatic N) is 2. The van der Waals surface area contributed by atoms with E-state index in [0.29, 0.717) is 21.7 Å². The van der Waals surface area contributed by atoms with Crippen molar-refractivity contribution in [3.8, 4) is 0 Å². The summed E-state index contributed by atoms with van der Waals surface area (Å²) in [5.41, 5.74) is 7.10. The maximum absolute atomic E-state index is 11.9. The highest BCUT2D eigenvalue weighted by molar-refractivity contribution is 7.00. The lowest BCUT2D eigenvalue weighted by molar-refractivity contribution is -0.125. The van der Waals surface area contributed by atoms with E-state index in [-0.39, 0.29) is 12.5 Å². The lowest BCUT2D eigenvalue weighted by Gasteiger charge is -2.13. The van der Waals surface area contributed by atoms with Crippen LogP contribution in [-0.4, -0.2) is 34.4 Å². The number of methoxy groups -OCH3 is 1. The zero-order valence-electron chi connectivity index (χ0n) is 9.51. The Morgan fingerprint density at radius 1 is 1.61 bits per heavy atom. The molecule has 0 saturated heterocycles. The summed E-state index contributed by atoms with van der Waals surface area (Å²) < 4.78 is 13.1. The Balaban J connectivity index is 2.33. The van der Waals surface area contributed by atoms with E-state index in [2.05, 4.69) is 14.1 Å². The van der Waals surface area contributed by atoms with Crippen molar-refractivity contribution in [2.75, 3.05) is 19.0 Å². The number of rotatable bonds is 4. The molecule has 2 rings (SSSR count). The van der Waals surface area contributed by atoms with Gasteiger partial charge < -0.3 is 15.8 Å². The van der Waals surface area contributed by atoms with Gasteiger partial charge in [-0.1, -0.05) is 11.6 Å². The fraction of sp³-hybridized carbons (Fsp3) is 0.300. The molecular weight excluding hydrogens is 276 g/mol. The molecule has 1 aromatic carbocycles. The molecule has 0 aliphatic rings. The average molecular weight is 287 g/mol. The molecule has 1 heterocycles. The van der Waals surface area contributed by atoms with Crippen molar-refractivity contribution >= 4 is 46.0 Å². The predicted molar refractivity (Wildman–Crippen MR) is 70.9 cm³/mol. The quantitative estimate of drug-likeness (QED) is 0.883. The van der Waals surface area contributed by atoms with Crippen LogP contribution in [0.4, 0.5) is 5.69 Å². The molecule has 0 spiro atoms. The summed E-state index contributed by atoms with van der Waals surface area (Å²) in [5, 5.41) is 3.07. The van der Waals surface area contributed by atoms with Crippen molar-refractivity contribution in [2.24, 2.45) is 5.73 Å². The smallest absolute Gasteiger partial charge is 0.254 e. The molecule has 6 nitrogen and oxygen atoms in total. The lowest BCUT2D eigenvalue weighted by atomic mass is 10.2. The number of carbonyl (C=O) groups is 1. The highest BCUT2D eigenvalue weighted by Gasteiger charge is 2.19. The molecule has 2 aromatic rings. The first kappa shape index (κ1) is 13.2. The zero-order valence-corrected chi connectivity index (χ0v) is 11.1. The third kappa shape index (κ3) is 2.44. The van der Waals surface area contributed by atoms with Gasteiger partial charge in [-0.05, 0) is 12.1 Å². The highest BCUT2D eigenvalue weighted by atomic mass is 35.5. The minimum absolute atomic E-state index is 0.0885. The Morgan fingerprint density at radius 3 is 3.06 bits per heavy atom. The number of nitrogens with one attached hydrogen (secondary N) is 1. The number of fused-ring (bicyclic) bond motifs is 1. The van der Waals surface area contributed by atoms with E-state index in [9.17, 15) is 4.79 Å². The van der Waals surface area contributed by atoms with E-state index in [1.807, 2.05) is 0 Å². The number of benzene rings is 1. The van der Waals surface area contributed by atoms with Crippen molar-refractivity contribution in [1.82, 2.24) is 8.75 Å². The fourth-order valence-corrected chi connectivity index (χ4v) is 2.20. The van der Waals surface area contributed by atoms with Gasteiger partial charge in [-0.25, -0.2) is 0 Å². The topological polar surface area (TPSA) is 90.1 Å². The van der Waals surface area contributed by atoms with Crippen LogP contribution in [-0.2, 0) is 9.53 Å². The number of halogens is 1. The summed E-state index contributed by atoms with van der Waals surface area (Å²) in [5.74, 6) is -0.359. The van der Waals surface area contributed by atoms with Crippen molar-refractivity contribution in [1.29, 1.82) is 0 Å². The van der Waals surface area contributed by atoms with Gasteiger partial charge in [0.2, 0.25) is 0 Å². The molecule has 96 valence electrons. The first-order chi connectivity index (χ1) is 8.67. The van der Waals surface area contributed by atoms with Crippen LogP contribution in [0.3, 0.4) is 0 Å². The Hall–Kier alpha value is -1.28. The number of nitrogens with two attached hydrogens (primary N) is 1. The second kappa shape index (κ2) is 5.57. The van der Waals surface area contributed by atoms with E-state index in [0.717, 1.165) is 11.7 Å². The van der Waals surface area contributed by atoms with Crippen LogP contribution in [0.5, 0.6) is 0 Å². The molecule has 0 aliphatic carbocycles. The van der Waals surface area contributed by atoms with Crippen molar-refractivity contribution < 1.29 is 9.53 Å². The number of hydrogen-bond donors (Lipinski definition) is 2. The van der Waals surface area contributed by atoms with Crippen molar-refractivity contribution in [2.45, 2.75) is 6.10 Å². The summed E-state index contributed by atoms with van der Waals surface area (Å²) in [7, 11) is 1.42. The molecule has 1 atom stereocenters. The minimum Gasteiger partial charge on any atom is -0.370 e. The molecule has 18 heavy (non-hydrogen) atoms. The highest BCUT2D eigenvalue weighted by Crippen LogP contribution is 2.29. The summed E-state index contributed by atoms with van der Waals surface area (Å²) in [6.45, 7) is 0.0885. The summed E-state index contributed by atoms with van der Waals surface area (Å²) >= 11 is 7.10. The van der Waals surface area contributed by atoms with Crippen LogP contribution in [0.25, 0.3) is 11.0 Å². The zero-order chi connectivity index (χ0) is 13.1. The molecule has 0 radical (unpaired) electrons. The Morgan fingerprint density at radius 2 is 2.39 bits per heavy atom. The molecule has 1 unspecified atom stereocenters. The van der Waals surface area contributed by atoms with E-state index >= 15 is 0 Å². The fourth-order valence-electron chi connectivity index (χ4n) is 1.46. The molecule has 0 aliphatic heterocycles. The number of ether oxygens (including phenoxy) is 1. The predicted octanol–water partition coefficient (Wildman–Crippen LogP) is 1.26. The average Bonchev–Trinajstić information content (AvgIpc) is 2.83. The number of hydrogen-bond acceptors (Lipinski definition) is 6. The second-order valence-corrected chi connectivity index (χ2v) is 4.44. The third-order valence-corrected chi connectivity index (χ3v) is 3.27. The van der Waals surface area contributed by atoms with Gasteiger partial charge in [0.1, 0.15) is 17.1 Å². The standard InChI is InChI=1S/C10H11ClN4O2S/c1-17-7(4-12)10(16)13-8-5(11)2-3-6-9(8)15-18-14-6/h2-3,7H,4,12H2,1H3,(H,13,16). The number of anilines is 1. The Kier molecular flexibility index (Phi) is 4.07. The molecule has 1 amide bonds. The van der Waals surface area contributed by atoms with Gasteiger partial charge in [0.05, 0.1) is 22.4 Å². The first-order valence-corrected chi connectivity index (χ1v) is 6.22. The van der Waals surface area contributed by atoms with Gasteiger partial charge in [0.25, 0.3) is 5.91 Å². The second-order valence-electron chi connectivity index (χ2n) is 3.50. The van der Waals surface area contributed by atoms with Crippen LogP contribution in [0.15, 0.2) is 12.1 Å². The third-order valence-electron chi connectivity index (χ3n) is 2.42. The Bertz CT molecular complexity index is 570. The molecule has 3 N–H and O–H groups in total. The molecule has 0 bridgehead atoms. The van der Waals surface area contributed by atoms with Gasteiger partial charge in [-0.3, -0.25) is 4.79 Å². The van der Waals surface area contributed by atoms with Crippen LogP contribution in [0.2, 0.25) is 5.02 Å². The van der Waals surface area contributed by atoms with Crippen molar-refractivity contribution in [3.05, 3.63) is 17.2 Å². The van der Waals surface area contributed by atoms with Gasteiger partial charge in [-0.2, -0.15) is 8.75 Å². The summed E-state index contributed by atoms with van der Waals surface area (Å²) in [6.07, 6.45) is -0.720. The van der Waals surface area contributed by atoms with Crippen LogP contribution >= 0.6 is 23.3 Å². The van der Waals surface area contributed by atoms with Gasteiger partial charge in [0, 0.05) is 13.7 Å². The molecule has 1 aromatic heterocycles. The number of carbonyl (C=O) groups excluding carboxylic acids is 1. The van der Waals surface area contributed by atoms with E-state index in [1.165, 1.54) is 7.11 Å². The van der Waals surface area contributed by atoms with Crippen molar-refractivity contribution in [3.63, 3.8) is 0 Å². The van der Waals surface area contributed by atoms with Gasteiger partial charge >= 0.3 is 0 Å². The maximum atomic E-state index is 11.9. The Labute approximate surface area is 112 Å². The van der Waals surface area contributed by atoms with Crippen LogP contribution < -0.4 is 11.1 Å².